The fourth-order valence-electron chi connectivity index (χ4n) is 2.85. The smallest absolute Gasteiger partial charge is 0.122 e. The first-order valence-corrected chi connectivity index (χ1v) is 6.75. The van der Waals surface area contributed by atoms with Gasteiger partial charge in [-0.05, 0) is 25.1 Å². The van der Waals surface area contributed by atoms with Gasteiger partial charge in [0.1, 0.15) is 11.6 Å². The third-order valence-electron chi connectivity index (χ3n) is 3.83. The Kier molecular flexibility index (Phi) is 3.51. The third-order valence-corrected chi connectivity index (χ3v) is 3.83. The fraction of sp³-hybridized carbons (Fsp3) is 0.400. The van der Waals surface area contributed by atoms with Crippen LogP contribution in [0.4, 0.5) is 0 Å². The minimum Gasteiger partial charge on any atom is -0.493 e. The summed E-state index contributed by atoms with van der Waals surface area (Å²) in [6.45, 7) is 0.790. The van der Waals surface area contributed by atoms with Crippen molar-refractivity contribution in [1.29, 1.82) is 0 Å². The van der Waals surface area contributed by atoms with Gasteiger partial charge in [0.15, 0.2) is 0 Å². The van der Waals surface area contributed by atoms with Gasteiger partial charge in [-0.15, -0.1) is 0 Å². The zero-order valence-electron chi connectivity index (χ0n) is 11.1. The Labute approximate surface area is 113 Å². The maximum atomic E-state index is 5.73. The van der Waals surface area contributed by atoms with Crippen molar-refractivity contribution in [2.45, 2.75) is 24.8 Å². The van der Waals surface area contributed by atoms with Crippen molar-refractivity contribution < 1.29 is 4.74 Å². The van der Waals surface area contributed by atoms with Crippen LogP contribution in [-0.2, 0) is 6.42 Å². The Balaban J connectivity index is 1.84. The maximum absolute atomic E-state index is 5.73. The van der Waals surface area contributed by atoms with E-state index in [-0.39, 0.29) is 0 Å². The van der Waals surface area contributed by atoms with Gasteiger partial charge in [-0.1, -0.05) is 18.2 Å². The highest BCUT2D eigenvalue weighted by molar-refractivity contribution is 5.38. The molecule has 0 spiro atoms. The normalized spacial score (nSPS) is 19.5. The number of aromatic nitrogens is 2. The molecule has 1 aromatic carbocycles. The molecule has 0 fully saturated rings. The molecular weight excluding hydrogens is 238 g/mol. The monoisotopic (exact) mass is 257 g/mol. The molecule has 19 heavy (non-hydrogen) atoms. The van der Waals surface area contributed by atoms with E-state index in [9.17, 15) is 0 Å². The van der Waals surface area contributed by atoms with Gasteiger partial charge in [-0.3, -0.25) is 0 Å². The first-order valence-electron chi connectivity index (χ1n) is 6.75. The van der Waals surface area contributed by atoms with Crippen molar-refractivity contribution in [2.24, 2.45) is 0 Å². The summed E-state index contributed by atoms with van der Waals surface area (Å²) in [5.74, 6) is 2.53. The first-order chi connectivity index (χ1) is 9.38. The van der Waals surface area contributed by atoms with Gasteiger partial charge >= 0.3 is 0 Å². The van der Waals surface area contributed by atoms with Crippen molar-refractivity contribution in [3.05, 3.63) is 48.0 Å². The molecule has 4 heteroatoms. The second-order valence-corrected chi connectivity index (χ2v) is 4.92. The topological polar surface area (TPSA) is 49.9 Å². The molecule has 1 aliphatic rings. The number of H-pyrrole nitrogens is 1. The van der Waals surface area contributed by atoms with Crippen LogP contribution >= 0.6 is 0 Å². The highest BCUT2D eigenvalue weighted by atomic mass is 16.5. The molecule has 0 bridgehead atoms. The number of para-hydroxylation sites is 1. The number of hydrogen-bond acceptors (Lipinski definition) is 3. The summed E-state index contributed by atoms with van der Waals surface area (Å²) in [5, 5.41) is 3.44. The Hall–Kier alpha value is -1.81. The molecule has 3 rings (SSSR count). The van der Waals surface area contributed by atoms with E-state index in [1.807, 2.05) is 19.3 Å². The van der Waals surface area contributed by atoms with Crippen LogP contribution < -0.4 is 10.1 Å². The quantitative estimate of drug-likeness (QED) is 0.882. The Morgan fingerprint density at radius 3 is 3.16 bits per heavy atom. The number of fused-ring (bicyclic) bond motifs is 1. The molecule has 0 radical (unpaired) electrons. The second-order valence-electron chi connectivity index (χ2n) is 4.92. The molecule has 1 aromatic heterocycles. The summed E-state index contributed by atoms with van der Waals surface area (Å²) in [6.07, 6.45) is 5.63. The number of rotatable bonds is 4. The van der Waals surface area contributed by atoms with Gasteiger partial charge in [0.25, 0.3) is 0 Å². The lowest BCUT2D eigenvalue weighted by Crippen LogP contribution is -2.37. The predicted molar refractivity (Wildman–Crippen MR) is 74.4 cm³/mol. The predicted octanol–water partition coefficient (Wildman–Crippen LogP) is 2.11. The van der Waals surface area contributed by atoms with Crippen LogP contribution in [-0.4, -0.2) is 29.7 Å². The molecule has 2 N–H and O–H groups in total. The van der Waals surface area contributed by atoms with Crippen LogP contribution in [0.5, 0.6) is 5.75 Å². The van der Waals surface area contributed by atoms with E-state index in [0.717, 1.165) is 31.0 Å². The van der Waals surface area contributed by atoms with Crippen molar-refractivity contribution in [3.63, 3.8) is 0 Å². The van der Waals surface area contributed by atoms with E-state index >= 15 is 0 Å². The van der Waals surface area contributed by atoms with E-state index in [0.29, 0.717) is 12.0 Å². The van der Waals surface area contributed by atoms with Gasteiger partial charge in [-0.25, -0.2) is 4.98 Å². The van der Waals surface area contributed by atoms with Crippen LogP contribution in [0, 0.1) is 0 Å². The molecule has 0 aliphatic carbocycles. The highest BCUT2D eigenvalue weighted by Crippen LogP contribution is 2.36. The molecule has 0 saturated carbocycles. The Morgan fingerprint density at radius 1 is 1.47 bits per heavy atom. The van der Waals surface area contributed by atoms with E-state index in [1.165, 1.54) is 5.56 Å². The van der Waals surface area contributed by atoms with Crippen molar-refractivity contribution in [1.82, 2.24) is 15.3 Å². The molecule has 4 nitrogen and oxygen atoms in total. The number of ether oxygens (including phenoxy) is 1. The Morgan fingerprint density at radius 2 is 2.37 bits per heavy atom. The zero-order chi connectivity index (χ0) is 13.1. The summed E-state index contributed by atoms with van der Waals surface area (Å²) >= 11 is 0. The van der Waals surface area contributed by atoms with Crippen molar-refractivity contribution >= 4 is 0 Å². The third kappa shape index (κ3) is 2.49. The maximum Gasteiger partial charge on any atom is 0.122 e. The van der Waals surface area contributed by atoms with Gasteiger partial charge in [0, 0.05) is 30.8 Å². The minimum atomic E-state index is 0.371. The summed E-state index contributed by atoms with van der Waals surface area (Å²) in [4.78, 5) is 7.51. The second kappa shape index (κ2) is 5.45. The highest BCUT2D eigenvalue weighted by Gasteiger charge is 2.28. The number of imidazole rings is 1. The number of hydrogen-bond donors (Lipinski definition) is 2. The van der Waals surface area contributed by atoms with Gasteiger partial charge in [0.05, 0.1) is 6.61 Å². The van der Waals surface area contributed by atoms with Crippen LogP contribution in [0.1, 0.15) is 23.7 Å². The van der Waals surface area contributed by atoms with E-state index in [4.69, 9.17) is 4.74 Å². The number of nitrogens with one attached hydrogen (secondary N) is 2. The van der Waals surface area contributed by atoms with Gasteiger partial charge in [0.2, 0.25) is 0 Å². The molecule has 0 amide bonds. The molecule has 2 aromatic rings. The van der Waals surface area contributed by atoms with Crippen molar-refractivity contribution in [2.75, 3.05) is 13.7 Å². The fourth-order valence-corrected chi connectivity index (χ4v) is 2.85. The van der Waals surface area contributed by atoms with Crippen LogP contribution in [0.3, 0.4) is 0 Å². The molecular formula is C15H19N3O. The van der Waals surface area contributed by atoms with Gasteiger partial charge < -0.3 is 15.0 Å². The summed E-state index contributed by atoms with van der Waals surface area (Å²) in [6, 6.07) is 8.71. The van der Waals surface area contributed by atoms with Crippen LogP contribution in [0.2, 0.25) is 0 Å². The SMILES string of the molecule is CNC(Cc1ncc[nH]1)C1CCOc2ccccc21. The standard InChI is InChI=1S/C15H19N3O/c1-16-13(10-15-17-7-8-18-15)11-6-9-19-14-5-3-2-4-12(11)14/h2-5,7-8,11,13,16H,6,9-10H2,1H3,(H,17,18). The molecule has 0 saturated heterocycles. The number of aromatic amines is 1. The largest absolute Gasteiger partial charge is 0.493 e. The number of benzene rings is 1. The number of nitrogens with zero attached hydrogens (tertiary/aromatic N) is 1. The van der Waals surface area contributed by atoms with E-state index in [1.54, 1.807) is 6.20 Å². The first kappa shape index (κ1) is 12.2. The molecule has 100 valence electrons. The molecule has 2 heterocycles. The zero-order valence-corrected chi connectivity index (χ0v) is 11.1. The average Bonchev–Trinajstić information content (AvgIpc) is 2.97. The summed E-state index contributed by atoms with van der Waals surface area (Å²) < 4.78 is 5.73. The molecule has 2 unspecified atom stereocenters. The molecule has 2 atom stereocenters. The van der Waals surface area contributed by atoms with E-state index in [2.05, 4.69) is 33.5 Å². The van der Waals surface area contributed by atoms with Crippen LogP contribution in [0.25, 0.3) is 0 Å². The van der Waals surface area contributed by atoms with E-state index < -0.39 is 0 Å². The van der Waals surface area contributed by atoms with Crippen molar-refractivity contribution in [3.8, 4) is 5.75 Å². The lowest BCUT2D eigenvalue weighted by atomic mass is 9.85. The lowest BCUT2D eigenvalue weighted by molar-refractivity contribution is 0.246. The summed E-state index contributed by atoms with van der Waals surface area (Å²) in [5.41, 5.74) is 1.31. The molecule has 1 aliphatic heterocycles. The Bertz CT molecular complexity index is 524. The minimum absolute atomic E-state index is 0.371. The van der Waals surface area contributed by atoms with Gasteiger partial charge in [-0.2, -0.15) is 0 Å². The lowest BCUT2D eigenvalue weighted by Gasteiger charge is -2.31. The number of likely N-dealkylation sites (N-methyl/N-ethyl adjacent to an activating group) is 1. The average molecular weight is 257 g/mol. The summed E-state index contributed by atoms with van der Waals surface area (Å²) in [7, 11) is 2.02. The van der Waals surface area contributed by atoms with Crippen LogP contribution in [0.15, 0.2) is 36.7 Å².